The van der Waals surface area contributed by atoms with Crippen molar-refractivity contribution in [2.75, 3.05) is 5.32 Å². The lowest BCUT2D eigenvalue weighted by Gasteiger charge is -2.06. The predicted molar refractivity (Wildman–Crippen MR) is 79.6 cm³/mol. The normalized spacial score (nSPS) is 11.2. The summed E-state index contributed by atoms with van der Waals surface area (Å²) in [6, 6.07) is 7.60. The van der Waals surface area contributed by atoms with Gasteiger partial charge in [-0.15, -0.1) is 11.3 Å². The standard InChI is InChI=1S/C13H9N5OS/c19-13-17-9-2-1-7(5-10(9)18-13)16-11-8-3-4-20-12(8)15-6-14-11/h1-6H,(H,14,15,16)(H2,17,18,19). The summed E-state index contributed by atoms with van der Waals surface area (Å²) < 4.78 is 0. The van der Waals surface area contributed by atoms with Crippen LogP contribution in [0.15, 0.2) is 40.8 Å². The maximum atomic E-state index is 11.2. The lowest BCUT2D eigenvalue weighted by molar-refractivity contribution is 1.21. The van der Waals surface area contributed by atoms with Gasteiger partial charge < -0.3 is 15.3 Å². The molecule has 4 aromatic rings. The third-order valence-electron chi connectivity index (χ3n) is 3.04. The zero-order valence-electron chi connectivity index (χ0n) is 10.2. The number of benzene rings is 1. The zero-order valence-corrected chi connectivity index (χ0v) is 11.0. The average molecular weight is 283 g/mol. The maximum Gasteiger partial charge on any atom is 0.323 e. The molecular formula is C13H9N5OS. The average Bonchev–Trinajstić information content (AvgIpc) is 3.03. The van der Waals surface area contributed by atoms with Crippen molar-refractivity contribution in [2.24, 2.45) is 0 Å². The Hall–Kier alpha value is -2.67. The number of aromatic nitrogens is 4. The van der Waals surface area contributed by atoms with Crippen LogP contribution in [-0.2, 0) is 0 Å². The number of rotatable bonds is 2. The first-order valence-electron chi connectivity index (χ1n) is 5.97. The number of fused-ring (bicyclic) bond motifs is 2. The van der Waals surface area contributed by atoms with Crippen LogP contribution in [0.4, 0.5) is 11.5 Å². The second kappa shape index (κ2) is 4.17. The molecule has 0 fully saturated rings. The summed E-state index contributed by atoms with van der Waals surface area (Å²) in [5.74, 6) is 0.758. The molecule has 3 aromatic heterocycles. The summed E-state index contributed by atoms with van der Waals surface area (Å²) in [5, 5.41) is 6.22. The Balaban J connectivity index is 1.80. The number of H-pyrrole nitrogens is 2. The Morgan fingerprint density at radius 1 is 1.10 bits per heavy atom. The van der Waals surface area contributed by atoms with Crippen molar-refractivity contribution in [1.29, 1.82) is 0 Å². The Bertz CT molecular complexity index is 967. The van der Waals surface area contributed by atoms with Gasteiger partial charge in [0.1, 0.15) is 17.0 Å². The second-order valence-corrected chi connectivity index (χ2v) is 5.22. The molecule has 0 bridgehead atoms. The molecule has 0 aliphatic rings. The molecular weight excluding hydrogens is 274 g/mol. The summed E-state index contributed by atoms with van der Waals surface area (Å²) in [6.45, 7) is 0. The molecule has 98 valence electrons. The minimum atomic E-state index is -0.209. The van der Waals surface area contributed by atoms with Crippen LogP contribution in [0.2, 0.25) is 0 Å². The molecule has 3 heterocycles. The van der Waals surface area contributed by atoms with Gasteiger partial charge in [0.25, 0.3) is 0 Å². The van der Waals surface area contributed by atoms with Gasteiger partial charge in [-0.1, -0.05) is 0 Å². The third kappa shape index (κ3) is 1.76. The van der Waals surface area contributed by atoms with E-state index in [2.05, 4.69) is 25.3 Å². The highest BCUT2D eigenvalue weighted by Gasteiger charge is 2.06. The number of anilines is 2. The molecule has 0 aliphatic carbocycles. The fourth-order valence-electron chi connectivity index (χ4n) is 2.14. The van der Waals surface area contributed by atoms with Gasteiger partial charge in [-0.25, -0.2) is 14.8 Å². The van der Waals surface area contributed by atoms with Crippen LogP contribution < -0.4 is 11.0 Å². The number of nitrogens with one attached hydrogen (secondary N) is 3. The van der Waals surface area contributed by atoms with E-state index in [-0.39, 0.29) is 5.69 Å². The fourth-order valence-corrected chi connectivity index (χ4v) is 2.87. The minimum Gasteiger partial charge on any atom is -0.340 e. The molecule has 0 atom stereocenters. The summed E-state index contributed by atoms with van der Waals surface area (Å²) in [7, 11) is 0. The number of aromatic amines is 2. The van der Waals surface area contributed by atoms with E-state index in [4.69, 9.17) is 0 Å². The van der Waals surface area contributed by atoms with Gasteiger partial charge in [-0.3, -0.25) is 0 Å². The van der Waals surface area contributed by atoms with Gasteiger partial charge in [-0.2, -0.15) is 0 Å². The van der Waals surface area contributed by atoms with E-state index in [9.17, 15) is 4.79 Å². The smallest absolute Gasteiger partial charge is 0.323 e. The van der Waals surface area contributed by atoms with Crippen LogP contribution in [0.25, 0.3) is 21.3 Å². The molecule has 0 saturated heterocycles. The van der Waals surface area contributed by atoms with E-state index in [0.29, 0.717) is 0 Å². The van der Waals surface area contributed by atoms with Crippen molar-refractivity contribution < 1.29 is 0 Å². The highest BCUT2D eigenvalue weighted by atomic mass is 32.1. The van der Waals surface area contributed by atoms with E-state index in [0.717, 1.165) is 32.8 Å². The van der Waals surface area contributed by atoms with E-state index in [1.54, 1.807) is 11.3 Å². The third-order valence-corrected chi connectivity index (χ3v) is 3.86. The lowest BCUT2D eigenvalue weighted by atomic mass is 10.2. The number of thiophene rings is 1. The predicted octanol–water partition coefficient (Wildman–Crippen LogP) is 2.60. The molecule has 0 unspecified atom stereocenters. The van der Waals surface area contributed by atoms with Crippen molar-refractivity contribution >= 4 is 44.1 Å². The molecule has 6 nitrogen and oxygen atoms in total. The largest absolute Gasteiger partial charge is 0.340 e. The van der Waals surface area contributed by atoms with E-state index >= 15 is 0 Å². The summed E-state index contributed by atoms with van der Waals surface area (Å²) in [6.07, 6.45) is 1.54. The monoisotopic (exact) mass is 283 g/mol. The molecule has 1 aromatic carbocycles. The minimum absolute atomic E-state index is 0.209. The molecule has 20 heavy (non-hydrogen) atoms. The van der Waals surface area contributed by atoms with Crippen molar-refractivity contribution in [2.45, 2.75) is 0 Å². The molecule has 0 aliphatic heterocycles. The van der Waals surface area contributed by atoms with Crippen molar-refractivity contribution in [1.82, 2.24) is 19.9 Å². The molecule has 0 spiro atoms. The second-order valence-electron chi connectivity index (χ2n) is 4.33. The molecule has 0 saturated carbocycles. The number of nitrogens with zero attached hydrogens (tertiary/aromatic N) is 2. The van der Waals surface area contributed by atoms with Crippen LogP contribution in [0.5, 0.6) is 0 Å². The molecule has 0 radical (unpaired) electrons. The molecule has 3 N–H and O–H groups in total. The number of imidazole rings is 1. The first kappa shape index (κ1) is 11.2. The topological polar surface area (TPSA) is 86.5 Å². The Kier molecular flexibility index (Phi) is 2.33. The fraction of sp³-hybridized carbons (Fsp3) is 0. The van der Waals surface area contributed by atoms with Gasteiger partial charge >= 0.3 is 5.69 Å². The lowest BCUT2D eigenvalue weighted by Crippen LogP contribution is -1.99. The van der Waals surface area contributed by atoms with Crippen molar-refractivity contribution in [3.63, 3.8) is 0 Å². The SMILES string of the molecule is O=c1[nH]c2ccc(Nc3ncnc4sccc34)cc2[nH]1. The van der Waals surface area contributed by atoms with Crippen LogP contribution in [0.3, 0.4) is 0 Å². The number of hydrogen-bond donors (Lipinski definition) is 3. The quantitative estimate of drug-likeness (QED) is 0.528. The van der Waals surface area contributed by atoms with Crippen molar-refractivity contribution in [3.05, 3.63) is 46.5 Å². The van der Waals surface area contributed by atoms with Crippen molar-refractivity contribution in [3.8, 4) is 0 Å². The van der Waals surface area contributed by atoms with Crippen LogP contribution in [0.1, 0.15) is 0 Å². The Morgan fingerprint density at radius 3 is 2.95 bits per heavy atom. The van der Waals surface area contributed by atoms with Crippen LogP contribution >= 0.6 is 11.3 Å². The van der Waals surface area contributed by atoms with Gasteiger partial charge in [0.2, 0.25) is 0 Å². The Morgan fingerprint density at radius 2 is 2.00 bits per heavy atom. The molecule has 0 amide bonds. The van der Waals surface area contributed by atoms with E-state index in [1.165, 1.54) is 6.33 Å². The molecule has 7 heteroatoms. The van der Waals surface area contributed by atoms with E-state index < -0.39 is 0 Å². The van der Waals surface area contributed by atoms with Gasteiger partial charge in [-0.05, 0) is 29.6 Å². The first-order chi connectivity index (χ1) is 9.79. The zero-order chi connectivity index (χ0) is 13.5. The summed E-state index contributed by atoms with van der Waals surface area (Å²) in [4.78, 5) is 26.1. The van der Waals surface area contributed by atoms with Crippen LogP contribution in [0, 0.1) is 0 Å². The van der Waals surface area contributed by atoms with Gasteiger partial charge in [0.05, 0.1) is 16.4 Å². The van der Waals surface area contributed by atoms with Gasteiger partial charge in [0.15, 0.2) is 0 Å². The van der Waals surface area contributed by atoms with Gasteiger partial charge in [0, 0.05) is 5.69 Å². The van der Waals surface area contributed by atoms with E-state index in [1.807, 2.05) is 29.6 Å². The first-order valence-corrected chi connectivity index (χ1v) is 6.85. The molecule has 4 rings (SSSR count). The van der Waals surface area contributed by atoms with Crippen LogP contribution in [-0.4, -0.2) is 19.9 Å². The number of hydrogen-bond acceptors (Lipinski definition) is 5. The maximum absolute atomic E-state index is 11.2. The summed E-state index contributed by atoms with van der Waals surface area (Å²) in [5.41, 5.74) is 2.19. The highest BCUT2D eigenvalue weighted by Crippen LogP contribution is 2.27. The Labute approximate surface area is 116 Å². The summed E-state index contributed by atoms with van der Waals surface area (Å²) >= 11 is 1.57. The highest BCUT2D eigenvalue weighted by molar-refractivity contribution is 7.16.